The molecule has 0 spiro atoms. The van der Waals surface area contributed by atoms with Crippen molar-refractivity contribution in [1.82, 2.24) is 0 Å². The molecule has 1 saturated carbocycles. The molecule has 1 aliphatic rings. The fourth-order valence-corrected chi connectivity index (χ4v) is 2.73. The zero-order valence-electron chi connectivity index (χ0n) is 11.3. The lowest BCUT2D eigenvalue weighted by Gasteiger charge is -2.34. The van der Waals surface area contributed by atoms with Crippen molar-refractivity contribution < 1.29 is 14.3 Å². The van der Waals surface area contributed by atoms with Gasteiger partial charge in [0.2, 0.25) is 0 Å². The van der Waals surface area contributed by atoms with Gasteiger partial charge in [-0.2, -0.15) is 0 Å². The summed E-state index contributed by atoms with van der Waals surface area (Å²) < 4.78 is 13.3. The van der Waals surface area contributed by atoms with Gasteiger partial charge in [0.15, 0.2) is 0 Å². The van der Waals surface area contributed by atoms with Crippen molar-refractivity contribution in [3.63, 3.8) is 0 Å². The Balaban J connectivity index is 2.14. The van der Waals surface area contributed by atoms with Crippen LogP contribution in [0.3, 0.4) is 0 Å². The van der Waals surface area contributed by atoms with Gasteiger partial charge in [0.25, 0.3) is 0 Å². The first-order valence-electron chi connectivity index (χ1n) is 6.76. The van der Waals surface area contributed by atoms with Crippen LogP contribution in [0.15, 0.2) is 18.2 Å². The average Bonchev–Trinajstić information content (AvgIpc) is 2.36. The molecule has 0 aromatic heterocycles. The second-order valence-corrected chi connectivity index (χ2v) is 5.65. The van der Waals surface area contributed by atoms with Crippen molar-refractivity contribution in [3.05, 3.63) is 29.6 Å². The van der Waals surface area contributed by atoms with E-state index in [0.29, 0.717) is 23.6 Å². The Morgan fingerprint density at radius 3 is 2.79 bits per heavy atom. The summed E-state index contributed by atoms with van der Waals surface area (Å²) in [5, 5.41) is 12.3. The van der Waals surface area contributed by atoms with Crippen molar-refractivity contribution >= 4 is 11.7 Å². The highest BCUT2D eigenvalue weighted by Crippen LogP contribution is 2.31. The van der Waals surface area contributed by atoms with Gasteiger partial charge in [-0.3, -0.25) is 0 Å². The number of aromatic carboxylic acids is 1. The summed E-state index contributed by atoms with van der Waals surface area (Å²) in [5.74, 6) is -0.697. The molecular weight excluding hydrogens is 245 g/mol. The van der Waals surface area contributed by atoms with Gasteiger partial charge in [0, 0.05) is 11.7 Å². The number of rotatable bonds is 3. The molecule has 0 aliphatic heterocycles. The lowest BCUT2D eigenvalue weighted by Crippen LogP contribution is -2.33. The molecule has 2 N–H and O–H groups in total. The highest BCUT2D eigenvalue weighted by atomic mass is 19.1. The van der Waals surface area contributed by atoms with Crippen LogP contribution in [0, 0.1) is 17.7 Å². The molecule has 0 saturated heterocycles. The number of benzene rings is 1. The normalized spacial score (nSPS) is 27.0. The van der Waals surface area contributed by atoms with Gasteiger partial charge < -0.3 is 10.4 Å². The molecule has 1 aliphatic carbocycles. The van der Waals surface area contributed by atoms with E-state index in [1.165, 1.54) is 25.0 Å². The minimum Gasteiger partial charge on any atom is -0.478 e. The van der Waals surface area contributed by atoms with Gasteiger partial charge in [-0.05, 0) is 42.9 Å². The maximum absolute atomic E-state index is 13.3. The second kappa shape index (κ2) is 5.59. The molecule has 0 amide bonds. The molecule has 3 nitrogen and oxygen atoms in total. The highest BCUT2D eigenvalue weighted by molar-refractivity contribution is 5.89. The van der Waals surface area contributed by atoms with E-state index in [2.05, 4.69) is 19.2 Å². The maximum atomic E-state index is 13.3. The minimum atomic E-state index is -1.23. The quantitative estimate of drug-likeness (QED) is 0.874. The number of hydrogen-bond donors (Lipinski definition) is 2. The third-order valence-corrected chi connectivity index (χ3v) is 4.01. The average molecular weight is 265 g/mol. The molecule has 2 rings (SSSR count). The van der Waals surface area contributed by atoms with Crippen molar-refractivity contribution in [2.75, 3.05) is 5.32 Å². The topological polar surface area (TPSA) is 49.3 Å². The van der Waals surface area contributed by atoms with Gasteiger partial charge in [-0.25, -0.2) is 9.18 Å². The predicted octanol–water partition coefficient (Wildman–Crippen LogP) is 3.76. The standard InChI is InChI=1S/C15H20FNO2/c1-9-3-4-10(2)14(7-9)17-11-5-6-13(16)12(8-11)15(18)19/h5-6,8-10,14,17H,3-4,7H2,1-2H3,(H,18,19). The van der Waals surface area contributed by atoms with Gasteiger partial charge >= 0.3 is 5.97 Å². The summed E-state index contributed by atoms with van der Waals surface area (Å²) in [5.41, 5.74) is 0.409. The molecule has 0 heterocycles. The Bertz CT molecular complexity index is 475. The van der Waals surface area contributed by atoms with Crippen LogP contribution in [0.2, 0.25) is 0 Å². The Labute approximate surface area is 112 Å². The number of anilines is 1. The van der Waals surface area contributed by atoms with Crippen LogP contribution in [-0.2, 0) is 0 Å². The third-order valence-electron chi connectivity index (χ3n) is 4.01. The monoisotopic (exact) mass is 265 g/mol. The molecule has 3 unspecified atom stereocenters. The van der Waals surface area contributed by atoms with E-state index >= 15 is 0 Å². The summed E-state index contributed by atoms with van der Waals surface area (Å²) in [6.07, 6.45) is 3.48. The van der Waals surface area contributed by atoms with Crippen LogP contribution in [0.4, 0.5) is 10.1 Å². The number of nitrogens with one attached hydrogen (secondary N) is 1. The van der Waals surface area contributed by atoms with Crippen molar-refractivity contribution in [2.45, 2.75) is 39.2 Å². The number of hydrogen-bond acceptors (Lipinski definition) is 2. The lowest BCUT2D eigenvalue weighted by molar-refractivity contribution is 0.0692. The SMILES string of the molecule is CC1CCC(C)C(Nc2ccc(F)c(C(=O)O)c2)C1. The first-order chi connectivity index (χ1) is 8.97. The number of carboxylic acid groups (broad SMARTS) is 1. The van der Waals surface area contributed by atoms with E-state index < -0.39 is 11.8 Å². The molecule has 4 heteroatoms. The summed E-state index contributed by atoms with van der Waals surface area (Å²) in [7, 11) is 0. The van der Waals surface area contributed by atoms with E-state index in [1.807, 2.05) is 0 Å². The van der Waals surface area contributed by atoms with E-state index in [1.54, 1.807) is 6.07 Å². The molecule has 19 heavy (non-hydrogen) atoms. The molecule has 3 atom stereocenters. The maximum Gasteiger partial charge on any atom is 0.338 e. The lowest BCUT2D eigenvalue weighted by atomic mass is 9.80. The van der Waals surface area contributed by atoms with Gasteiger partial charge in [0.1, 0.15) is 5.82 Å². The molecular formula is C15H20FNO2. The molecule has 1 aromatic rings. The van der Waals surface area contributed by atoms with Crippen LogP contribution in [0.5, 0.6) is 0 Å². The summed E-state index contributed by atoms with van der Waals surface area (Å²) in [6.45, 7) is 4.43. The molecule has 104 valence electrons. The first-order valence-corrected chi connectivity index (χ1v) is 6.76. The Kier molecular flexibility index (Phi) is 4.08. The summed E-state index contributed by atoms with van der Waals surface area (Å²) in [4.78, 5) is 10.9. The van der Waals surface area contributed by atoms with E-state index in [0.717, 1.165) is 6.42 Å². The smallest absolute Gasteiger partial charge is 0.338 e. The Morgan fingerprint density at radius 1 is 1.37 bits per heavy atom. The van der Waals surface area contributed by atoms with E-state index in [4.69, 9.17) is 5.11 Å². The molecule has 1 fully saturated rings. The van der Waals surface area contributed by atoms with Gasteiger partial charge in [-0.1, -0.05) is 20.3 Å². The van der Waals surface area contributed by atoms with Crippen LogP contribution in [-0.4, -0.2) is 17.1 Å². The number of carbonyl (C=O) groups is 1. The van der Waals surface area contributed by atoms with Crippen LogP contribution < -0.4 is 5.32 Å². The van der Waals surface area contributed by atoms with Gasteiger partial charge in [-0.15, -0.1) is 0 Å². The van der Waals surface area contributed by atoms with E-state index in [-0.39, 0.29) is 5.56 Å². The zero-order valence-corrected chi connectivity index (χ0v) is 11.3. The summed E-state index contributed by atoms with van der Waals surface area (Å²) >= 11 is 0. The number of halogens is 1. The highest BCUT2D eigenvalue weighted by Gasteiger charge is 2.25. The fourth-order valence-electron chi connectivity index (χ4n) is 2.73. The first kappa shape index (κ1) is 13.8. The van der Waals surface area contributed by atoms with Crippen molar-refractivity contribution in [2.24, 2.45) is 11.8 Å². The Morgan fingerprint density at radius 2 is 2.11 bits per heavy atom. The predicted molar refractivity (Wildman–Crippen MR) is 72.9 cm³/mol. The van der Waals surface area contributed by atoms with E-state index in [9.17, 15) is 9.18 Å². The molecule has 0 bridgehead atoms. The van der Waals surface area contributed by atoms with Crippen LogP contribution in [0.25, 0.3) is 0 Å². The van der Waals surface area contributed by atoms with Gasteiger partial charge in [0.05, 0.1) is 5.56 Å². The zero-order chi connectivity index (χ0) is 14.0. The van der Waals surface area contributed by atoms with Crippen molar-refractivity contribution in [3.8, 4) is 0 Å². The summed E-state index contributed by atoms with van der Waals surface area (Å²) in [6, 6.07) is 4.52. The largest absolute Gasteiger partial charge is 0.478 e. The minimum absolute atomic E-state index is 0.276. The third kappa shape index (κ3) is 3.25. The Hall–Kier alpha value is -1.58. The fraction of sp³-hybridized carbons (Fsp3) is 0.533. The number of carboxylic acids is 1. The molecule has 1 aromatic carbocycles. The van der Waals surface area contributed by atoms with Crippen LogP contribution in [0.1, 0.15) is 43.5 Å². The van der Waals surface area contributed by atoms with Crippen molar-refractivity contribution in [1.29, 1.82) is 0 Å². The van der Waals surface area contributed by atoms with Crippen LogP contribution >= 0.6 is 0 Å². The second-order valence-electron chi connectivity index (χ2n) is 5.65. The molecule has 0 radical (unpaired) electrons.